The van der Waals surface area contributed by atoms with Crippen LogP contribution >= 0.6 is 15.9 Å². The molecule has 0 spiro atoms. The largest absolute Gasteiger partial charge is 0.490 e. The van der Waals surface area contributed by atoms with E-state index in [-0.39, 0.29) is 22.4 Å². The van der Waals surface area contributed by atoms with Crippen LogP contribution in [-0.2, 0) is 20.9 Å². The molecule has 0 fully saturated rings. The van der Waals surface area contributed by atoms with Crippen molar-refractivity contribution in [3.63, 3.8) is 0 Å². The fraction of sp³-hybridized carbons (Fsp3) is 0.514. The fourth-order valence-electron chi connectivity index (χ4n) is 7.04. The molecule has 6 nitrogen and oxygen atoms in total. The highest BCUT2D eigenvalue weighted by molar-refractivity contribution is 9.10. The summed E-state index contributed by atoms with van der Waals surface area (Å²) < 4.78 is 18.8. The molecule has 0 bridgehead atoms. The first-order chi connectivity index (χ1) is 20.7. The van der Waals surface area contributed by atoms with Crippen molar-refractivity contribution in [2.24, 2.45) is 10.8 Å². The van der Waals surface area contributed by atoms with E-state index in [1.54, 1.807) is 7.11 Å². The van der Waals surface area contributed by atoms with Crippen LogP contribution in [0.15, 0.2) is 57.3 Å². The summed E-state index contributed by atoms with van der Waals surface area (Å²) in [6.45, 7) is 16.7. The van der Waals surface area contributed by atoms with Crippen LogP contribution in [0, 0.1) is 24.7 Å². The van der Waals surface area contributed by atoms with Gasteiger partial charge in [-0.2, -0.15) is 0 Å². The predicted molar refractivity (Wildman–Crippen MR) is 177 cm³/mol. The highest BCUT2D eigenvalue weighted by Gasteiger charge is 2.49. The van der Waals surface area contributed by atoms with Gasteiger partial charge in [-0.3, -0.25) is 9.59 Å². The van der Waals surface area contributed by atoms with Crippen molar-refractivity contribution < 1.29 is 23.8 Å². The van der Waals surface area contributed by atoms with Crippen LogP contribution in [0.4, 0.5) is 0 Å². The third-order valence-corrected chi connectivity index (χ3v) is 9.75. The first kappa shape index (κ1) is 32.5. The first-order valence-electron chi connectivity index (χ1n) is 15.7. The quantitative estimate of drug-likeness (QED) is 0.269. The van der Waals surface area contributed by atoms with Crippen molar-refractivity contribution >= 4 is 27.5 Å². The number of hydrogen-bond donors (Lipinski definition) is 0. The molecular weight excluding hydrogens is 618 g/mol. The van der Waals surface area contributed by atoms with Crippen LogP contribution in [0.5, 0.6) is 11.5 Å². The number of carbonyl (C=O) groups is 2. The van der Waals surface area contributed by atoms with Gasteiger partial charge >= 0.3 is 0 Å². The molecule has 236 valence electrons. The summed E-state index contributed by atoms with van der Waals surface area (Å²) in [6.07, 6.45) is 2.41. The molecule has 5 rings (SSSR count). The number of ether oxygens (including phenoxy) is 3. The zero-order valence-corrected chi connectivity index (χ0v) is 29.1. The highest BCUT2D eigenvalue weighted by atomic mass is 79.9. The smallest absolute Gasteiger partial charge is 0.175 e. The molecule has 1 heterocycles. The molecule has 3 aliphatic rings. The maximum absolute atomic E-state index is 14.1. The molecule has 44 heavy (non-hydrogen) atoms. The Kier molecular flexibility index (Phi) is 9.21. The van der Waals surface area contributed by atoms with Gasteiger partial charge < -0.3 is 19.1 Å². The lowest BCUT2D eigenvalue weighted by Gasteiger charge is -2.49. The molecular formula is C37H46BrNO5. The molecule has 0 unspecified atom stereocenters. The highest BCUT2D eigenvalue weighted by Crippen LogP contribution is 2.55. The topological polar surface area (TPSA) is 65.1 Å². The van der Waals surface area contributed by atoms with Gasteiger partial charge in [-0.25, -0.2) is 0 Å². The van der Waals surface area contributed by atoms with Gasteiger partial charge in [-0.1, -0.05) is 45.9 Å². The first-order valence-corrected chi connectivity index (χ1v) is 16.5. The summed E-state index contributed by atoms with van der Waals surface area (Å²) >= 11 is 3.79. The number of nitrogens with zero attached hydrogens (tertiary/aromatic N) is 1. The number of carbonyl (C=O) groups excluding carboxylic acids is 2. The molecule has 2 aliphatic carbocycles. The maximum atomic E-state index is 14.1. The van der Waals surface area contributed by atoms with E-state index in [1.807, 2.05) is 19.1 Å². The van der Waals surface area contributed by atoms with E-state index in [4.69, 9.17) is 14.2 Å². The number of allylic oxidation sites excluding steroid dienone is 4. The van der Waals surface area contributed by atoms with Gasteiger partial charge in [0, 0.05) is 55.0 Å². The van der Waals surface area contributed by atoms with Crippen LogP contribution in [0.1, 0.15) is 88.5 Å². The second-order valence-corrected chi connectivity index (χ2v) is 15.0. The Morgan fingerprint density at radius 2 is 1.48 bits per heavy atom. The van der Waals surface area contributed by atoms with Crippen LogP contribution in [0.25, 0.3) is 0 Å². The van der Waals surface area contributed by atoms with Crippen LogP contribution in [0.2, 0.25) is 0 Å². The number of aryl methyl sites for hydroxylation is 2. The SMILES string of the molecule is CCOc1cc(C2C3=C(CC(C)(C)CC3=O)N(CCOC)C3=C2C(=O)CC(C)(C)C3)cc(Br)c1OCc1ccc(C)c(C)c1. The van der Waals surface area contributed by atoms with Gasteiger partial charge in [0.2, 0.25) is 0 Å². The average molecular weight is 665 g/mol. The zero-order valence-electron chi connectivity index (χ0n) is 27.5. The summed E-state index contributed by atoms with van der Waals surface area (Å²) in [6, 6.07) is 10.3. The molecule has 7 heteroatoms. The van der Waals surface area contributed by atoms with E-state index in [0.29, 0.717) is 50.7 Å². The van der Waals surface area contributed by atoms with E-state index < -0.39 is 5.92 Å². The van der Waals surface area contributed by atoms with Crippen molar-refractivity contribution in [3.8, 4) is 11.5 Å². The fourth-order valence-corrected chi connectivity index (χ4v) is 7.61. The van der Waals surface area contributed by atoms with Gasteiger partial charge in [0.05, 0.1) is 17.7 Å². The van der Waals surface area contributed by atoms with E-state index in [1.165, 1.54) is 11.1 Å². The van der Waals surface area contributed by atoms with E-state index >= 15 is 0 Å². The van der Waals surface area contributed by atoms with Crippen molar-refractivity contribution in [2.45, 2.75) is 86.7 Å². The lowest BCUT2D eigenvalue weighted by atomic mass is 9.63. The van der Waals surface area contributed by atoms with Crippen LogP contribution in [0.3, 0.4) is 0 Å². The Balaban J connectivity index is 1.65. The third-order valence-electron chi connectivity index (χ3n) is 9.16. The summed E-state index contributed by atoms with van der Waals surface area (Å²) in [5.74, 6) is 0.963. The minimum atomic E-state index is -0.463. The number of benzene rings is 2. The Hall–Kier alpha value is -2.90. The summed E-state index contributed by atoms with van der Waals surface area (Å²) in [7, 11) is 1.69. The molecule has 2 aromatic carbocycles. The monoisotopic (exact) mass is 663 g/mol. The van der Waals surface area contributed by atoms with Gasteiger partial charge in [0.15, 0.2) is 23.1 Å². The maximum Gasteiger partial charge on any atom is 0.175 e. The van der Waals surface area contributed by atoms with Crippen molar-refractivity contribution in [1.82, 2.24) is 4.90 Å². The molecule has 0 amide bonds. The lowest BCUT2D eigenvalue weighted by molar-refractivity contribution is -0.119. The molecule has 0 atom stereocenters. The van der Waals surface area contributed by atoms with E-state index in [2.05, 4.69) is 80.6 Å². The molecule has 0 N–H and O–H groups in total. The molecule has 0 radical (unpaired) electrons. The van der Waals surface area contributed by atoms with Gasteiger partial charge in [0.25, 0.3) is 0 Å². The molecule has 0 aromatic heterocycles. The third kappa shape index (κ3) is 6.41. The Bertz CT molecular complexity index is 1500. The second-order valence-electron chi connectivity index (χ2n) is 14.2. The van der Waals surface area contributed by atoms with Crippen molar-refractivity contribution in [2.75, 3.05) is 26.9 Å². The van der Waals surface area contributed by atoms with Gasteiger partial charge in [0.1, 0.15) is 6.61 Å². The zero-order chi connectivity index (χ0) is 32.0. The molecule has 1 aliphatic heterocycles. The Labute approximate surface area is 271 Å². The Morgan fingerprint density at radius 3 is 2.02 bits per heavy atom. The van der Waals surface area contributed by atoms with Crippen molar-refractivity contribution in [3.05, 3.63) is 79.6 Å². The van der Waals surface area contributed by atoms with Gasteiger partial charge in [-0.05, 0) is 94.8 Å². The van der Waals surface area contributed by atoms with Crippen LogP contribution < -0.4 is 9.47 Å². The normalized spacial score (nSPS) is 19.7. The lowest BCUT2D eigenvalue weighted by Crippen LogP contribution is -2.45. The predicted octanol–water partition coefficient (Wildman–Crippen LogP) is 8.38. The second kappa shape index (κ2) is 12.5. The Morgan fingerprint density at radius 1 is 0.864 bits per heavy atom. The van der Waals surface area contributed by atoms with E-state index in [0.717, 1.165) is 51.0 Å². The standard InChI is InChI=1S/C37H46BrNO5/c1-9-43-31-16-25(15-26(38)35(31)44-21-24-11-10-22(2)23(3)14-24)32-33-27(17-36(4,5)19-29(33)40)39(12-13-42-8)28-18-37(6,7)20-30(41)34(28)32/h10-11,14-16,32H,9,12-13,17-21H2,1-8H3. The minimum absolute atomic E-state index is 0.108. The van der Waals surface area contributed by atoms with E-state index in [9.17, 15) is 9.59 Å². The summed E-state index contributed by atoms with van der Waals surface area (Å²) in [5, 5.41) is 0. The molecule has 0 saturated heterocycles. The van der Waals surface area contributed by atoms with Crippen LogP contribution in [-0.4, -0.2) is 43.3 Å². The number of Topliss-reactive ketones (excluding diaryl/α,β-unsaturated/α-hetero) is 2. The number of hydrogen-bond acceptors (Lipinski definition) is 6. The number of ketones is 2. The van der Waals surface area contributed by atoms with Gasteiger partial charge in [-0.15, -0.1) is 0 Å². The summed E-state index contributed by atoms with van der Waals surface area (Å²) in [5.41, 5.74) is 7.58. The molecule has 0 saturated carbocycles. The number of halogens is 1. The number of rotatable bonds is 9. The molecule has 2 aromatic rings. The van der Waals surface area contributed by atoms with Crippen molar-refractivity contribution in [1.29, 1.82) is 0 Å². The number of methoxy groups -OCH3 is 1. The summed E-state index contributed by atoms with van der Waals surface area (Å²) in [4.78, 5) is 30.5. The average Bonchev–Trinajstić information content (AvgIpc) is 2.91. The minimum Gasteiger partial charge on any atom is -0.490 e.